The first-order valence-corrected chi connectivity index (χ1v) is 9.63. The number of benzene rings is 1. The topological polar surface area (TPSA) is 62.6 Å². The maximum atomic E-state index is 13.1. The summed E-state index contributed by atoms with van der Waals surface area (Å²) in [7, 11) is 1.77. The summed E-state index contributed by atoms with van der Waals surface area (Å²) in [4.78, 5) is 15.1. The Morgan fingerprint density at radius 1 is 1.27 bits per heavy atom. The molecule has 1 aromatic rings. The highest BCUT2D eigenvalue weighted by Gasteiger charge is 2.52. The Labute approximate surface area is 154 Å². The van der Waals surface area contributed by atoms with Gasteiger partial charge < -0.3 is 14.4 Å². The van der Waals surface area contributed by atoms with Gasteiger partial charge in [0.2, 0.25) is 0 Å². The Balaban J connectivity index is 1.49. The summed E-state index contributed by atoms with van der Waals surface area (Å²) in [5.74, 6) is 0.783. The van der Waals surface area contributed by atoms with Gasteiger partial charge in [-0.1, -0.05) is 0 Å². The van der Waals surface area contributed by atoms with Gasteiger partial charge in [0.25, 0.3) is 5.91 Å². The molecule has 3 aliphatic rings. The van der Waals surface area contributed by atoms with E-state index in [4.69, 9.17) is 14.7 Å². The lowest BCUT2D eigenvalue weighted by Gasteiger charge is -2.43. The molecule has 26 heavy (non-hydrogen) atoms. The molecule has 4 rings (SSSR count). The fourth-order valence-electron chi connectivity index (χ4n) is 4.47. The van der Waals surface area contributed by atoms with Crippen LogP contribution in [0.5, 0.6) is 0 Å². The van der Waals surface area contributed by atoms with Crippen LogP contribution in [0.25, 0.3) is 0 Å². The van der Waals surface area contributed by atoms with Crippen molar-refractivity contribution in [3.63, 3.8) is 0 Å². The SMILES string of the molecule is CO[C@@]12CC[C@H](OCC3CC3)C[C@@H]1N(C(=O)c1ccc(C#N)cc1)CC2. The fourth-order valence-corrected chi connectivity index (χ4v) is 4.47. The van der Waals surface area contributed by atoms with Crippen molar-refractivity contribution in [3.8, 4) is 6.07 Å². The molecule has 1 aromatic carbocycles. The van der Waals surface area contributed by atoms with E-state index in [1.807, 2.05) is 4.90 Å². The van der Waals surface area contributed by atoms with Crippen LogP contribution in [0.2, 0.25) is 0 Å². The summed E-state index contributed by atoms with van der Waals surface area (Å²) < 4.78 is 12.1. The number of hydrogen-bond acceptors (Lipinski definition) is 4. The molecule has 2 aliphatic carbocycles. The van der Waals surface area contributed by atoms with Gasteiger partial charge in [0.15, 0.2) is 0 Å². The van der Waals surface area contributed by atoms with Crippen LogP contribution in [0.1, 0.15) is 54.4 Å². The molecule has 138 valence electrons. The molecule has 0 N–H and O–H groups in total. The molecule has 5 nitrogen and oxygen atoms in total. The maximum absolute atomic E-state index is 13.1. The predicted molar refractivity (Wildman–Crippen MR) is 96.7 cm³/mol. The van der Waals surface area contributed by atoms with Gasteiger partial charge in [-0.15, -0.1) is 0 Å². The Morgan fingerprint density at radius 3 is 2.69 bits per heavy atom. The third-order valence-corrected chi connectivity index (χ3v) is 6.33. The molecule has 0 unspecified atom stereocenters. The Kier molecular flexibility index (Phi) is 4.73. The molecule has 0 radical (unpaired) electrons. The smallest absolute Gasteiger partial charge is 0.254 e. The molecule has 0 aromatic heterocycles. The number of nitriles is 1. The number of carbonyl (C=O) groups is 1. The van der Waals surface area contributed by atoms with Crippen LogP contribution in [0.4, 0.5) is 0 Å². The Morgan fingerprint density at radius 2 is 2.04 bits per heavy atom. The predicted octanol–water partition coefficient (Wildman–Crippen LogP) is 3.14. The number of nitrogens with zero attached hydrogens (tertiary/aromatic N) is 2. The molecule has 1 aliphatic heterocycles. The van der Waals surface area contributed by atoms with E-state index in [9.17, 15) is 4.79 Å². The van der Waals surface area contributed by atoms with Crippen molar-refractivity contribution in [1.29, 1.82) is 5.26 Å². The first-order valence-electron chi connectivity index (χ1n) is 9.63. The van der Waals surface area contributed by atoms with Gasteiger partial charge in [0.1, 0.15) is 0 Å². The van der Waals surface area contributed by atoms with Gasteiger partial charge in [-0.25, -0.2) is 0 Å². The first kappa shape index (κ1) is 17.5. The molecule has 2 saturated carbocycles. The zero-order valence-corrected chi connectivity index (χ0v) is 15.3. The summed E-state index contributed by atoms with van der Waals surface area (Å²) in [5.41, 5.74) is 0.971. The molecule has 3 fully saturated rings. The quantitative estimate of drug-likeness (QED) is 0.815. The molecule has 3 atom stereocenters. The van der Waals surface area contributed by atoms with E-state index in [1.54, 1.807) is 31.4 Å². The summed E-state index contributed by atoms with van der Waals surface area (Å²) in [6, 6.07) is 9.06. The van der Waals surface area contributed by atoms with Crippen molar-refractivity contribution in [2.45, 2.75) is 56.3 Å². The van der Waals surface area contributed by atoms with Crippen LogP contribution in [0, 0.1) is 17.2 Å². The first-order chi connectivity index (χ1) is 12.6. The lowest BCUT2D eigenvalue weighted by molar-refractivity contribution is -0.0977. The van der Waals surface area contributed by atoms with E-state index in [0.717, 1.165) is 38.2 Å². The van der Waals surface area contributed by atoms with Crippen molar-refractivity contribution in [2.75, 3.05) is 20.3 Å². The van der Waals surface area contributed by atoms with Gasteiger partial charge in [0.05, 0.1) is 29.4 Å². The monoisotopic (exact) mass is 354 g/mol. The Hall–Kier alpha value is -1.90. The highest BCUT2D eigenvalue weighted by atomic mass is 16.5. The van der Waals surface area contributed by atoms with Crippen molar-refractivity contribution in [3.05, 3.63) is 35.4 Å². The second-order valence-corrected chi connectivity index (χ2v) is 7.90. The van der Waals surface area contributed by atoms with E-state index in [2.05, 4.69) is 6.07 Å². The molecule has 0 bridgehead atoms. The van der Waals surface area contributed by atoms with Crippen LogP contribution < -0.4 is 0 Å². The van der Waals surface area contributed by atoms with E-state index in [1.165, 1.54) is 12.8 Å². The third kappa shape index (κ3) is 3.24. The number of fused-ring (bicyclic) bond motifs is 1. The molecule has 0 spiro atoms. The van der Waals surface area contributed by atoms with Crippen molar-refractivity contribution in [1.82, 2.24) is 4.90 Å². The molecular weight excluding hydrogens is 328 g/mol. The average Bonchev–Trinajstić information content (AvgIpc) is 3.45. The minimum atomic E-state index is -0.234. The number of methoxy groups -OCH3 is 1. The van der Waals surface area contributed by atoms with E-state index in [0.29, 0.717) is 17.7 Å². The second kappa shape index (κ2) is 7.02. The zero-order valence-electron chi connectivity index (χ0n) is 15.3. The summed E-state index contributed by atoms with van der Waals surface area (Å²) in [6.45, 7) is 1.58. The molecule has 1 saturated heterocycles. The van der Waals surface area contributed by atoms with Crippen LogP contribution in [-0.2, 0) is 9.47 Å². The number of hydrogen-bond donors (Lipinski definition) is 0. The van der Waals surface area contributed by atoms with Gasteiger partial charge in [-0.05, 0) is 68.7 Å². The lowest BCUT2D eigenvalue weighted by Crippen LogP contribution is -2.53. The van der Waals surface area contributed by atoms with Gasteiger partial charge in [0, 0.05) is 25.8 Å². The number of amides is 1. The van der Waals surface area contributed by atoms with E-state index >= 15 is 0 Å². The lowest BCUT2D eigenvalue weighted by atomic mass is 9.79. The van der Waals surface area contributed by atoms with Crippen molar-refractivity contribution >= 4 is 5.91 Å². The third-order valence-electron chi connectivity index (χ3n) is 6.33. The highest BCUT2D eigenvalue weighted by molar-refractivity contribution is 5.94. The summed E-state index contributed by atoms with van der Waals surface area (Å²) in [5, 5.41) is 8.95. The summed E-state index contributed by atoms with van der Waals surface area (Å²) >= 11 is 0. The van der Waals surface area contributed by atoms with Gasteiger partial charge >= 0.3 is 0 Å². The van der Waals surface area contributed by atoms with Crippen molar-refractivity contribution in [2.24, 2.45) is 5.92 Å². The maximum Gasteiger partial charge on any atom is 0.254 e. The zero-order chi connectivity index (χ0) is 18.1. The Bertz CT molecular complexity index is 707. The van der Waals surface area contributed by atoms with Crippen LogP contribution in [0.3, 0.4) is 0 Å². The summed E-state index contributed by atoms with van der Waals surface area (Å²) in [6.07, 6.45) is 6.49. The minimum Gasteiger partial charge on any atom is -0.378 e. The normalized spacial score (nSPS) is 30.7. The molecule has 1 heterocycles. The van der Waals surface area contributed by atoms with Crippen LogP contribution in [-0.4, -0.2) is 48.8 Å². The minimum absolute atomic E-state index is 0.0289. The standard InChI is InChI=1S/C21H26N2O3/c1-25-21-9-8-18(26-14-16-2-3-16)12-19(21)23(11-10-21)20(24)17-6-4-15(13-22)5-7-17/h4-7,16,18-19H,2-3,8-12,14H2,1H3/t18-,19-,21+/m0/s1. The van der Waals surface area contributed by atoms with E-state index in [-0.39, 0.29) is 23.7 Å². The van der Waals surface area contributed by atoms with Crippen LogP contribution >= 0.6 is 0 Å². The van der Waals surface area contributed by atoms with E-state index < -0.39 is 0 Å². The molecular formula is C21H26N2O3. The number of likely N-dealkylation sites (tertiary alicyclic amines) is 1. The largest absolute Gasteiger partial charge is 0.378 e. The number of ether oxygens (including phenoxy) is 2. The van der Waals surface area contributed by atoms with Gasteiger partial charge in [-0.2, -0.15) is 5.26 Å². The van der Waals surface area contributed by atoms with Crippen LogP contribution in [0.15, 0.2) is 24.3 Å². The average molecular weight is 354 g/mol. The highest BCUT2D eigenvalue weighted by Crippen LogP contribution is 2.44. The van der Waals surface area contributed by atoms with Crippen molar-refractivity contribution < 1.29 is 14.3 Å². The molecule has 5 heteroatoms. The number of rotatable bonds is 5. The fraction of sp³-hybridized carbons (Fsp3) is 0.619. The second-order valence-electron chi connectivity index (χ2n) is 7.90. The van der Waals surface area contributed by atoms with Gasteiger partial charge in [-0.3, -0.25) is 4.79 Å². The molecule has 1 amide bonds. The number of carbonyl (C=O) groups excluding carboxylic acids is 1.